The van der Waals surface area contributed by atoms with Gasteiger partial charge in [-0.3, -0.25) is 9.78 Å². The summed E-state index contributed by atoms with van der Waals surface area (Å²) < 4.78 is 0. The number of hydrogen-bond donors (Lipinski definition) is 1. The van der Waals surface area contributed by atoms with Crippen molar-refractivity contribution in [2.24, 2.45) is 0 Å². The predicted octanol–water partition coefficient (Wildman–Crippen LogP) is 2.23. The van der Waals surface area contributed by atoms with Crippen LogP contribution >= 0.6 is 0 Å². The van der Waals surface area contributed by atoms with Gasteiger partial charge in [-0.2, -0.15) is 0 Å². The van der Waals surface area contributed by atoms with Crippen molar-refractivity contribution in [3.8, 4) is 0 Å². The maximum absolute atomic E-state index is 12.2. The normalized spacial score (nSPS) is 20.7. The molecule has 17 heavy (non-hydrogen) atoms. The van der Waals surface area contributed by atoms with E-state index in [2.05, 4.69) is 4.98 Å². The molecule has 0 amide bonds. The summed E-state index contributed by atoms with van der Waals surface area (Å²) in [6, 6.07) is 3.95. The zero-order valence-corrected chi connectivity index (χ0v) is 10.2. The number of ketones is 1. The lowest BCUT2D eigenvalue weighted by Gasteiger charge is -2.24. The number of rotatable bonds is 4. The molecule has 1 aromatic rings. The first-order valence-corrected chi connectivity index (χ1v) is 6.39. The molecule has 0 aromatic carbocycles. The highest BCUT2D eigenvalue weighted by molar-refractivity contribution is 5.89. The fourth-order valence-corrected chi connectivity index (χ4v) is 2.53. The summed E-state index contributed by atoms with van der Waals surface area (Å²) in [4.78, 5) is 16.5. The molecule has 0 saturated heterocycles. The number of carbonyl (C=O) groups excluding carboxylic acids is 1. The first-order chi connectivity index (χ1) is 8.24. The molecule has 0 radical (unpaired) electrons. The fraction of sp³-hybridized carbons (Fsp3) is 0.571. The SMILES string of the molecule is CCCC(O)C(=O)C1CCCc2cccnc21. The molecular weight excluding hydrogens is 214 g/mol. The molecule has 0 fully saturated rings. The number of carbonyl (C=O) groups is 1. The second kappa shape index (κ2) is 5.41. The smallest absolute Gasteiger partial charge is 0.170 e. The number of Topliss-reactive ketones (excluding diaryl/α,β-unsaturated/α-hetero) is 1. The number of hydrogen-bond acceptors (Lipinski definition) is 3. The van der Waals surface area contributed by atoms with Crippen LogP contribution in [0, 0.1) is 0 Å². The van der Waals surface area contributed by atoms with Gasteiger partial charge in [0.15, 0.2) is 5.78 Å². The molecule has 1 aliphatic carbocycles. The molecule has 0 bridgehead atoms. The minimum atomic E-state index is -0.821. The number of fused-ring (bicyclic) bond motifs is 1. The van der Waals surface area contributed by atoms with Crippen molar-refractivity contribution in [1.29, 1.82) is 0 Å². The lowest BCUT2D eigenvalue weighted by Crippen LogP contribution is -2.29. The Morgan fingerprint density at radius 1 is 1.65 bits per heavy atom. The van der Waals surface area contributed by atoms with Crippen molar-refractivity contribution in [1.82, 2.24) is 4.98 Å². The van der Waals surface area contributed by atoms with Crippen LogP contribution in [0.25, 0.3) is 0 Å². The maximum Gasteiger partial charge on any atom is 0.170 e. The van der Waals surface area contributed by atoms with Gasteiger partial charge >= 0.3 is 0 Å². The molecule has 2 atom stereocenters. The molecule has 0 spiro atoms. The van der Waals surface area contributed by atoms with Crippen LogP contribution in [0.2, 0.25) is 0 Å². The summed E-state index contributed by atoms with van der Waals surface area (Å²) in [7, 11) is 0. The molecule has 1 aromatic heterocycles. The Kier molecular flexibility index (Phi) is 3.89. The summed E-state index contributed by atoms with van der Waals surface area (Å²) in [5, 5.41) is 9.82. The maximum atomic E-state index is 12.2. The van der Waals surface area contributed by atoms with Crippen molar-refractivity contribution in [2.75, 3.05) is 0 Å². The van der Waals surface area contributed by atoms with Gasteiger partial charge in [0, 0.05) is 6.20 Å². The molecule has 1 N–H and O–H groups in total. The summed E-state index contributed by atoms with van der Waals surface area (Å²) >= 11 is 0. The van der Waals surface area contributed by atoms with E-state index in [0.29, 0.717) is 6.42 Å². The summed E-state index contributed by atoms with van der Waals surface area (Å²) in [5.74, 6) is -0.243. The number of aliphatic hydroxyl groups is 1. The predicted molar refractivity (Wildman–Crippen MR) is 65.8 cm³/mol. The Morgan fingerprint density at radius 2 is 2.47 bits per heavy atom. The Morgan fingerprint density at radius 3 is 3.24 bits per heavy atom. The Balaban J connectivity index is 2.20. The van der Waals surface area contributed by atoms with Crippen LogP contribution in [0.3, 0.4) is 0 Å². The third kappa shape index (κ3) is 2.55. The van der Waals surface area contributed by atoms with Crippen LogP contribution in [0.4, 0.5) is 0 Å². The van der Waals surface area contributed by atoms with Crippen LogP contribution in [0.15, 0.2) is 18.3 Å². The molecule has 0 saturated carbocycles. The van der Waals surface area contributed by atoms with E-state index in [1.165, 1.54) is 5.56 Å². The number of aromatic nitrogens is 1. The lowest BCUT2D eigenvalue weighted by molar-refractivity contribution is -0.129. The lowest BCUT2D eigenvalue weighted by atomic mass is 9.82. The molecule has 1 aliphatic rings. The van der Waals surface area contributed by atoms with Gasteiger partial charge in [0.2, 0.25) is 0 Å². The quantitative estimate of drug-likeness (QED) is 0.867. The minimum absolute atomic E-state index is 0.0495. The number of aliphatic hydroxyl groups excluding tert-OH is 1. The van der Waals surface area contributed by atoms with Crippen LogP contribution in [0.5, 0.6) is 0 Å². The van der Waals surface area contributed by atoms with Gasteiger partial charge in [-0.1, -0.05) is 19.4 Å². The Labute approximate surface area is 102 Å². The second-order valence-electron chi connectivity index (χ2n) is 4.70. The van der Waals surface area contributed by atoms with Crippen molar-refractivity contribution >= 4 is 5.78 Å². The average Bonchev–Trinajstić information content (AvgIpc) is 2.37. The summed E-state index contributed by atoms with van der Waals surface area (Å²) in [6.45, 7) is 1.98. The molecule has 2 rings (SSSR count). The Hall–Kier alpha value is -1.22. The first kappa shape index (κ1) is 12.2. The molecule has 2 unspecified atom stereocenters. The van der Waals surface area contributed by atoms with Crippen LogP contribution in [-0.2, 0) is 11.2 Å². The van der Waals surface area contributed by atoms with Gasteiger partial charge in [0.25, 0.3) is 0 Å². The Bertz CT molecular complexity index is 403. The van der Waals surface area contributed by atoms with Crippen LogP contribution in [0.1, 0.15) is 49.8 Å². The largest absolute Gasteiger partial charge is 0.385 e. The van der Waals surface area contributed by atoms with Crippen LogP contribution in [-0.4, -0.2) is 22.0 Å². The highest BCUT2D eigenvalue weighted by Crippen LogP contribution is 2.31. The molecule has 1 heterocycles. The van der Waals surface area contributed by atoms with Gasteiger partial charge in [-0.25, -0.2) is 0 Å². The summed E-state index contributed by atoms with van der Waals surface area (Å²) in [6.07, 6.45) is 5.12. The van der Waals surface area contributed by atoms with E-state index in [1.54, 1.807) is 6.20 Å². The standard InChI is InChI=1S/C14H19NO2/c1-2-5-12(16)14(17)11-8-3-6-10-7-4-9-15-13(10)11/h4,7,9,11-12,16H,2-3,5-6,8H2,1H3. The molecule has 3 nitrogen and oxygen atoms in total. The van der Waals surface area contributed by atoms with E-state index in [9.17, 15) is 9.90 Å². The third-order valence-corrected chi connectivity index (χ3v) is 3.43. The monoisotopic (exact) mass is 233 g/mol. The van der Waals surface area contributed by atoms with Gasteiger partial charge in [-0.15, -0.1) is 0 Å². The molecule has 92 valence electrons. The van der Waals surface area contributed by atoms with Crippen molar-refractivity contribution in [3.63, 3.8) is 0 Å². The van der Waals surface area contributed by atoms with Gasteiger partial charge in [0.1, 0.15) is 6.10 Å². The van der Waals surface area contributed by atoms with Crippen molar-refractivity contribution in [2.45, 2.75) is 51.0 Å². The number of pyridine rings is 1. The zero-order chi connectivity index (χ0) is 12.3. The van der Waals surface area contributed by atoms with Crippen molar-refractivity contribution < 1.29 is 9.90 Å². The van der Waals surface area contributed by atoms with E-state index >= 15 is 0 Å². The third-order valence-electron chi connectivity index (χ3n) is 3.43. The second-order valence-corrected chi connectivity index (χ2v) is 4.70. The first-order valence-electron chi connectivity index (χ1n) is 6.39. The molecular formula is C14H19NO2. The van der Waals surface area contributed by atoms with E-state index in [1.807, 2.05) is 19.1 Å². The van der Waals surface area contributed by atoms with E-state index in [-0.39, 0.29) is 11.7 Å². The average molecular weight is 233 g/mol. The minimum Gasteiger partial charge on any atom is -0.385 e. The summed E-state index contributed by atoms with van der Waals surface area (Å²) in [5.41, 5.74) is 2.06. The van der Waals surface area contributed by atoms with Crippen LogP contribution < -0.4 is 0 Å². The van der Waals surface area contributed by atoms with Gasteiger partial charge in [0.05, 0.1) is 11.6 Å². The number of nitrogens with zero attached hydrogens (tertiary/aromatic N) is 1. The fourth-order valence-electron chi connectivity index (χ4n) is 2.53. The van der Waals surface area contributed by atoms with E-state index in [0.717, 1.165) is 31.4 Å². The zero-order valence-electron chi connectivity index (χ0n) is 10.2. The van der Waals surface area contributed by atoms with Gasteiger partial charge < -0.3 is 5.11 Å². The highest BCUT2D eigenvalue weighted by Gasteiger charge is 2.30. The molecule has 0 aliphatic heterocycles. The van der Waals surface area contributed by atoms with Crippen molar-refractivity contribution in [3.05, 3.63) is 29.6 Å². The van der Waals surface area contributed by atoms with E-state index in [4.69, 9.17) is 0 Å². The highest BCUT2D eigenvalue weighted by atomic mass is 16.3. The number of aryl methyl sites for hydroxylation is 1. The molecule has 3 heteroatoms. The topological polar surface area (TPSA) is 50.2 Å². The van der Waals surface area contributed by atoms with Gasteiger partial charge in [-0.05, 0) is 37.3 Å². The van der Waals surface area contributed by atoms with E-state index < -0.39 is 6.10 Å².